The van der Waals surface area contributed by atoms with E-state index in [0.717, 1.165) is 6.54 Å². The summed E-state index contributed by atoms with van der Waals surface area (Å²) in [5.74, 6) is 0.327. The van der Waals surface area contributed by atoms with Crippen LogP contribution in [0.15, 0.2) is 24.3 Å². The maximum atomic E-state index is 9.50. The fourth-order valence-corrected chi connectivity index (χ4v) is 3.42. The molecule has 92 valence electrons. The van der Waals surface area contributed by atoms with E-state index in [1.54, 1.807) is 0 Å². The third-order valence-electron chi connectivity index (χ3n) is 4.34. The minimum Gasteiger partial charge on any atom is -0.396 e. The molecule has 2 heteroatoms. The molecule has 1 heterocycles. The zero-order chi connectivity index (χ0) is 11.7. The molecule has 0 spiro atoms. The van der Waals surface area contributed by atoms with Crippen molar-refractivity contribution in [3.8, 4) is 0 Å². The van der Waals surface area contributed by atoms with Crippen molar-refractivity contribution < 1.29 is 5.11 Å². The highest BCUT2D eigenvalue weighted by molar-refractivity contribution is 5.61. The second kappa shape index (κ2) is 4.69. The number of aliphatic hydroxyl groups is 1. The van der Waals surface area contributed by atoms with Gasteiger partial charge in [-0.25, -0.2) is 0 Å². The topological polar surface area (TPSA) is 23.5 Å². The lowest BCUT2D eigenvalue weighted by Crippen LogP contribution is -2.36. The zero-order valence-electron chi connectivity index (χ0n) is 10.3. The molecule has 1 aliphatic heterocycles. The summed E-state index contributed by atoms with van der Waals surface area (Å²) in [6, 6.07) is 9.32. The molecule has 1 saturated carbocycles. The van der Waals surface area contributed by atoms with Crippen LogP contribution in [0.25, 0.3) is 0 Å². The standard InChI is InChI=1S/C15H21NO/c17-11-12-10-16(13-6-2-1-3-7-13)15-9-5-4-8-14(12)15/h4-5,8-9,12-13,17H,1-3,6-7,10-11H2. The van der Waals surface area contributed by atoms with E-state index in [-0.39, 0.29) is 6.61 Å². The third-order valence-corrected chi connectivity index (χ3v) is 4.34. The molecule has 0 amide bonds. The minimum atomic E-state index is 0.278. The highest BCUT2D eigenvalue weighted by Crippen LogP contribution is 2.39. The van der Waals surface area contributed by atoms with Crippen molar-refractivity contribution in [2.24, 2.45) is 0 Å². The van der Waals surface area contributed by atoms with Crippen LogP contribution < -0.4 is 4.90 Å². The monoisotopic (exact) mass is 231 g/mol. The summed E-state index contributed by atoms with van der Waals surface area (Å²) in [5.41, 5.74) is 2.72. The molecule has 0 saturated heterocycles. The van der Waals surface area contributed by atoms with Crippen LogP contribution in [0.3, 0.4) is 0 Å². The quantitative estimate of drug-likeness (QED) is 0.846. The van der Waals surface area contributed by atoms with Gasteiger partial charge in [0.05, 0.1) is 6.61 Å². The molecule has 1 fully saturated rings. The average molecular weight is 231 g/mol. The Labute approximate surface area is 103 Å². The largest absolute Gasteiger partial charge is 0.396 e. The summed E-state index contributed by atoms with van der Waals surface area (Å²) in [6.45, 7) is 1.29. The van der Waals surface area contributed by atoms with Crippen LogP contribution >= 0.6 is 0 Å². The van der Waals surface area contributed by atoms with Crippen molar-refractivity contribution in [1.29, 1.82) is 0 Å². The van der Waals surface area contributed by atoms with Gasteiger partial charge in [-0.15, -0.1) is 0 Å². The van der Waals surface area contributed by atoms with Gasteiger partial charge in [0.2, 0.25) is 0 Å². The molecule has 0 bridgehead atoms. The number of benzene rings is 1. The fourth-order valence-electron chi connectivity index (χ4n) is 3.42. The minimum absolute atomic E-state index is 0.278. The zero-order valence-corrected chi connectivity index (χ0v) is 10.3. The molecule has 1 aromatic rings. The van der Waals surface area contributed by atoms with Crippen LogP contribution in [-0.2, 0) is 0 Å². The van der Waals surface area contributed by atoms with Gasteiger partial charge in [0.25, 0.3) is 0 Å². The number of hydrogen-bond acceptors (Lipinski definition) is 2. The van der Waals surface area contributed by atoms with Crippen LogP contribution in [0, 0.1) is 0 Å². The van der Waals surface area contributed by atoms with Gasteiger partial charge in [0, 0.05) is 24.2 Å². The third kappa shape index (κ3) is 1.95. The van der Waals surface area contributed by atoms with Gasteiger partial charge in [0.15, 0.2) is 0 Å². The van der Waals surface area contributed by atoms with Gasteiger partial charge < -0.3 is 10.0 Å². The van der Waals surface area contributed by atoms with E-state index in [1.165, 1.54) is 43.4 Å². The Morgan fingerprint density at radius 2 is 1.88 bits per heavy atom. The van der Waals surface area contributed by atoms with Crippen molar-refractivity contribution in [3.63, 3.8) is 0 Å². The molecule has 0 aromatic heterocycles. The normalized spacial score (nSPS) is 25.0. The van der Waals surface area contributed by atoms with E-state index < -0.39 is 0 Å². The lowest BCUT2D eigenvalue weighted by atomic mass is 9.94. The van der Waals surface area contributed by atoms with Gasteiger partial charge in [0.1, 0.15) is 0 Å². The fraction of sp³-hybridized carbons (Fsp3) is 0.600. The Morgan fingerprint density at radius 3 is 2.65 bits per heavy atom. The van der Waals surface area contributed by atoms with Crippen molar-refractivity contribution in [2.45, 2.75) is 44.1 Å². The molecule has 1 aliphatic carbocycles. The number of aliphatic hydroxyl groups excluding tert-OH is 1. The predicted octanol–water partition coefficient (Wildman–Crippen LogP) is 2.92. The van der Waals surface area contributed by atoms with E-state index in [0.29, 0.717) is 12.0 Å². The highest BCUT2D eigenvalue weighted by atomic mass is 16.3. The molecule has 1 aromatic carbocycles. The van der Waals surface area contributed by atoms with Gasteiger partial charge in [-0.3, -0.25) is 0 Å². The van der Waals surface area contributed by atoms with Crippen molar-refractivity contribution in [2.75, 3.05) is 18.1 Å². The molecular formula is C15H21NO. The first-order chi connectivity index (χ1) is 8.40. The summed E-state index contributed by atoms with van der Waals surface area (Å²) >= 11 is 0. The van der Waals surface area contributed by atoms with Crippen LogP contribution in [0.2, 0.25) is 0 Å². The number of para-hydroxylation sites is 1. The molecule has 17 heavy (non-hydrogen) atoms. The summed E-state index contributed by atoms with van der Waals surface area (Å²) < 4.78 is 0. The van der Waals surface area contributed by atoms with Crippen molar-refractivity contribution in [1.82, 2.24) is 0 Å². The van der Waals surface area contributed by atoms with Gasteiger partial charge in [-0.2, -0.15) is 0 Å². The first kappa shape index (κ1) is 11.1. The molecular weight excluding hydrogens is 210 g/mol. The summed E-state index contributed by atoms with van der Waals surface area (Å²) in [6.07, 6.45) is 6.79. The number of hydrogen-bond donors (Lipinski definition) is 1. The van der Waals surface area contributed by atoms with Crippen LogP contribution in [0.4, 0.5) is 5.69 Å². The summed E-state index contributed by atoms with van der Waals surface area (Å²) in [7, 11) is 0. The number of fused-ring (bicyclic) bond motifs is 1. The first-order valence-corrected chi connectivity index (χ1v) is 6.86. The molecule has 1 atom stereocenters. The average Bonchev–Trinajstić information content (AvgIpc) is 2.78. The van der Waals surface area contributed by atoms with Crippen molar-refractivity contribution in [3.05, 3.63) is 29.8 Å². The lowest BCUT2D eigenvalue weighted by molar-refractivity contribution is 0.268. The summed E-state index contributed by atoms with van der Waals surface area (Å²) in [5, 5.41) is 9.50. The molecule has 2 nitrogen and oxygen atoms in total. The van der Waals surface area contributed by atoms with Gasteiger partial charge >= 0.3 is 0 Å². The second-order valence-electron chi connectivity index (χ2n) is 5.38. The second-order valence-corrected chi connectivity index (χ2v) is 5.38. The Morgan fingerprint density at radius 1 is 1.12 bits per heavy atom. The van der Waals surface area contributed by atoms with E-state index in [1.807, 2.05) is 0 Å². The lowest BCUT2D eigenvalue weighted by Gasteiger charge is -2.33. The van der Waals surface area contributed by atoms with Gasteiger partial charge in [-0.05, 0) is 24.5 Å². The predicted molar refractivity (Wildman–Crippen MR) is 70.5 cm³/mol. The van der Waals surface area contributed by atoms with Gasteiger partial charge in [-0.1, -0.05) is 37.5 Å². The first-order valence-electron chi connectivity index (χ1n) is 6.86. The van der Waals surface area contributed by atoms with E-state index >= 15 is 0 Å². The Kier molecular flexibility index (Phi) is 3.06. The molecule has 1 unspecified atom stereocenters. The molecule has 2 aliphatic rings. The Hall–Kier alpha value is -1.02. The van der Waals surface area contributed by atoms with Crippen LogP contribution in [0.1, 0.15) is 43.6 Å². The smallest absolute Gasteiger partial charge is 0.0517 e. The Balaban J connectivity index is 1.87. The number of nitrogens with zero attached hydrogens (tertiary/aromatic N) is 1. The SMILES string of the molecule is OCC1CN(C2CCCCC2)c2ccccc21. The number of rotatable bonds is 2. The van der Waals surface area contributed by atoms with Crippen molar-refractivity contribution >= 4 is 5.69 Å². The maximum Gasteiger partial charge on any atom is 0.0517 e. The van der Waals surface area contributed by atoms with E-state index in [9.17, 15) is 5.11 Å². The maximum absolute atomic E-state index is 9.50. The Bertz CT molecular complexity index is 384. The molecule has 3 rings (SSSR count). The number of anilines is 1. The molecule has 1 N–H and O–H groups in total. The van der Waals surface area contributed by atoms with Crippen LogP contribution in [0.5, 0.6) is 0 Å². The highest BCUT2D eigenvalue weighted by Gasteiger charge is 2.32. The molecule has 0 radical (unpaired) electrons. The van der Waals surface area contributed by atoms with Crippen LogP contribution in [-0.4, -0.2) is 24.3 Å². The van der Waals surface area contributed by atoms with E-state index in [4.69, 9.17) is 0 Å². The summed E-state index contributed by atoms with van der Waals surface area (Å²) in [4.78, 5) is 2.55. The van der Waals surface area contributed by atoms with E-state index in [2.05, 4.69) is 29.2 Å².